The fraction of sp³-hybridized carbons (Fsp3) is 0.200. The Balaban J connectivity index is 1.94. The number of ether oxygens (including phenoxy) is 1. The van der Waals surface area contributed by atoms with Crippen LogP contribution in [0.25, 0.3) is 22.8 Å². The van der Waals surface area contributed by atoms with Gasteiger partial charge in [-0.1, -0.05) is 48.5 Å². The second-order valence-electron chi connectivity index (χ2n) is 5.84. The average molecular weight is 400 g/mol. The van der Waals surface area contributed by atoms with Gasteiger partial charge in [-0.2, -0.15) is 4.98 Å². The molecule has 3 aromatic rings. The predicted molar refractivity (Wildman–Crippen MR) is 104 cm³/mol. The van der Waals surface area contributed by atoms with Crippen LogP contribution in [0.15, 0.2) is 70.1 Å². The zero-order valence-electron chi connectivity index (χ0n) is 15.3. The molecule has 2 aromatic carbocycles. The Hall–Kier alpha value is -2.97. The van der Waals surface area contributed by atoms with Gasteiger partial charge in [0.05, 0.1) is 13.0 Å². The van der Waals surface area contributed by atoms with Gasteiger partial charge in [0, 0.05) is 17.7 Å². The number of oxazole rings is 1. The van der Waals surface area contributed by atoms with Crippen LogP contribution in [0.1, 0.15) is 13.3 Å². The van der Waals surface area contributed by atoms with Crippen molar-refractivity contribution in [3.63, 3.8) is 0 Å². The minimum Gasteiger partial charge on any atom is -0.466 e. The van der Waals surface area contributed by atoms with Crippen molar-refractivity contribution in [2.45, 2.75) is 18.4 Å². The van der Waals surface area contributed by atoms with E-state index in [9.17, 15) is 13.2 Å². The van der Waals surface area contributed by atoms with E-state index in [1.807, 2.05) is 24.3 Å². The summed E-state index contributed by atoms with van der Waals surface area (Å²) in [6.07, 6.45) is -0.0723. The molecule has 1 N–H and O–H groups in total. The van der Waals surface area contributed by atoms with E-state index in [4.69, 9.17) is 9.15 Å². The number of hydrogen-bond donors (Lipinski definition) is 1. The maximum absolute atomic E-state index is 12.8. The van der Waals surface area contributed by atoms with Crippen LogP contribution in [0, 0.1) is 0 Å². The van der Waals surface area contributed by atoms with Crippen molar-refractivity contribution < 1.29 is 22.4 Å². The summed E-state index contributed by atoms with van der Waals surface area (Å²) in [6, 6.07) is 17.9. The molecule has 0 spiro atoms. The third-order valence-corrected chi connectivity index (χ3v) is 5.20. The summed E-state index contributed by atoms with van der Waals surface area (Å²) in [5, 5.41) is -0.221. The Bertz CT molecular complexity index is 1030. The summed E-state index contributed by atoms with van der Waals surface area (Å²) in [5.74, 6) is -0.132. The van der Waals surface area contributed by atoms with Gasteiger partial charge in [-0.25, -0.2) is 13.1 Å². The Labute approximate surface area is 163 Å². The second kappa shape index (κ2) is 8.81. The molecule has 8 heteroatoms. The smallest absolute Gasteiger partial charge is 0.307 e. The molecule has 1 aromatic heterocycles. The number of nitrogens with zero attached hydrogens (tertiary/aromatic N) is 1. The molecule has 28 heavy (non-hydrogen) atoms. The van der Waals surface area contributed by atoms with Crippen LogP contribution < -0.4 is 4.72 Å². The molecule has 0 saturated heterocycles. The molecule has 1 heterocycles. The topological polar surface area (TPSA) is 98.5 Å². The van der Waals surface area contributed by atoms with Crippen molar-refractivity contribution >= 4 is 16.0 Å². The first-order chi connectivity index (χ1) is 13.5. The number of carbonyl (C=O) groups is 1. The van der Waals surface area contributed by atoms with Gasteiger partial charge in [0.1, 0.15) is 0 Å². The molecule has 0 aliphatic carbocycles. The van der Waals surface area contributed by atoms with Crippen LogP contribution in [0.5, 0.6) is 0 Å². The zero-order chi connectivity index (χ0) is 20.0. The first kappa shape index (κ1) is 19.8. The maximum Gasteiger partial charge on any atom is 0.307 e. The monoisotopic (exact) mass is 400 g/mol. The SMILES string of the molecule is CCOC(=O)CCNS(=O)(=O)c1nc(-c2ccccc2)oc1-c1ccccc1. The van der Waals surface area contributed by atoms with Crippen LogP contribution >= 0.6 is 0 Å². The minimum absolute atomic E-state index is 0.0723. The van der Waals surface area contributed by atoms with Crippen molar-refractivity contribution in [3.8, 4) is 22.8 Å². The van der Waals surface area contributed by atoms with Crippen molar-refractivity contribution in [2.75, 3.05) is 13.2 Å². The number of benzene rings is 2. The fourth-order valence-corrected chi connectivity index (χ4v) is 3.67. The van der Waals surface area contributed by atoms with Gasteiger partial charge < -0.3 is 9.15 Å². The molecule has 0 atom stereocenters. The Morgan fingerprint density at radius 1 is 1.04 bits per heavy atom. The number of nitrogens with one attached hydrogen (secondary N) is 1. The van der Waals surface area contributed by atoms with E-state index in [0.29, 0.717) is 11.1 Å². The summed E-state index contributed by atoms with van der Waals surface area (Å²) in [6.45, 7) is 1.84. The van der Waals surface area contributed by atoms with Gasteiger partial charge >= 0.3 is 5.97 Å². The maximum atomic E-state index is 12.8. The van der Waals surface area contributed by atoms with E-state index in [-0.39, 0.29) is 36.2 Å². The van der Waals surface area contributed by atoms with Crippen molar-refractivity contribution in [2.24, 2.45) is 0 Å². The lowest BCUT2D eigenvalue weighted by Gasteiger charge is -2.05. The van der Waals surface area contributed by atoms with Crippen LogP contribution in [0.3, 0.4) is 0 Å². The first-order valence-corrected chi connectivity index (χ1v) is 10.3. The molecule has 0 amide bonds. The van der Waals surface area contributed by atoms with E-state index in [2.05, 4.69) is 9.71 Å². The molecule has 0 saturated carbocycles. The van der Waals surface area contributed by atoms with Gasteiger partial charge in [0.15, 0.2) is 5.76 Å². The lowest BCUT2D eigenvalue weighted by Crippen LogP contribution is -2.27. The van der Waals surface area contributed by atoms with Crippen molar-refractivity contribution in [3.05, 3.63) is 60.7 Å². The van der Waals surface area contributed by atoms with Crippen LogP contribution in [-0.4, -0.2) is 32.5 Å². The van der Waals surface area contributed by atoms with E-state index >= 15 is 0 Å². The Morgan fingerprint density at radius 3 is 2.25 bits per heavy atom. The number of aromatic nitrogens is 1. The van der Waals surface area contributed by atoms with Gasteiger partial charge in [0.25, 0.3) is 10.0 Å². The van der Waals surface area contributed by atoms with Crippen LogP contribution in [0.4, 0.5) is 0 Å². The van der Waals surface area contributed by atoms with Gasteiger partial charge in [0.2, 0.25) is 10.9 Å². The van der Waals surface area contributed by atoms with Gasteiger partial charge in [-0.15, -0.1) is 0 Å². The van der Waals surface area contributed by atoms with E-state index in [1.165, 1.54) is 0 Å². The summed E-state index contributed by atoms with van der Waals surface area (Å²) in [4.78, 5) is 15.7. The normalized spacial score (nSPS) is 11.3. The first-order valence-electron chi connectivity index (χ1n) is 8.78. The highest BCUT2D eigenvalue weighted by molar-refractivity contribution is 7.89. The molecule has 0 fully saturated rings. The number of esters is 1. The summed E-state index contributed by atoms with van der Waals surface area (Å²) < 4.78 is 38.7. The molecule has 3 rings (SSSR count). The third-order valence-electron chi connectivity index (χ3n) is 3.83. The summed E-state index contributed by atoms with van der Waals surface area (Å²) >= 11 is 0. The van der Waals surface area contributed by atoms with E-state index in [0.717, 1.165) is 0 Å². The lowest BCUT2D eigenvalue weighted by atomic mass is 10.2. The molecule has 0 radical (unpaired) electrons. The minimum atomic E-state index is -4.00. The average Bonchev–Trinajstić information content (AvgIpc) is 3.16. The standard InChI is InChI=1S/C20H20N2O5S/c1-2-26-17(23)13-14-21-28(24,25)20-18(15-9-5-3-6-10-15)27-19(22-20)16-11-7-4-8-12-16/h3-12,21H,2,13-14H2,1H3. The molecule has 0 aliphatic heterocycles. The number of rotatable bonds is 8. The summed E-state index contributed by atoms with van der Waals surface area (Å²) in [7, 11) is -4.00. The molecular formula is C20H20N2O5S. The van der Waals surface area contributed by atoms with Crippen LogP contribution in [0.2, 0.25) is 0 Å². The number of hydrogen-bond acceptors (Lipinski definition) is 6. The zero-order valence-corrected chi connectivity index (χ0v) is 16.1. The molecule has 7 nitrogen and oxygen atoms in total. The largest absolute Gasteiger partial charge is 0.466 e. The Morgan fingerprint density at radius 2 is 1.64 bits per heavy atom. The van der Waals surface area contributed by atoms with E-state index in [1.54, 1.807) is 43.3 Å². The van der Waals surface area contributed by atoms with E-state index < -0.39 is 16.0 Å². The van der Waals surface area contributed by atoms with Gasteiger partial charge in [-0.3, -0.25) is 4.79 Å². The molecule has 0 bridgehead atoms. The quantitative estimate of drug-likeness (QED) is 0.583. The van der Waals surface area contributed by atoms with Crippen LogP contribution in [-0.2, 0) is 19.6 Å². The lowest BCUT2D eigenvalue weighted by molar-refractivity contribution is -0.142. The second-order valence-corrected chi connectivity index (χ2v) is 7.52. The number of carbonyl (C=O) groups excluding carboxylic acids is 1. The van der Waals surface area contributed by atoms with Crippen molar-refractivity contribution in [1.29, 1.82) is 0 Å². The number of sulfonamides is 1. The highest BCUT2D eigenvalue weighted by atomic mass is 32.2. The van der Waals surface area contributed by atoms with Crippen molar-refractivity contribution in [1.82, 2.24) is 9.71 Å². The Kier molecular flexibility index (Phi) is 6.23. The highest BCUT2D eigenvalue weighted by Crippen LogP contribution is 2.32. The van der Waals surface area contributed by atoms with Gasteiger partial charge in [-0.05, 0) is 19.1 Å². The third kappa shape index (κ3) is 4.65. The summed E-state index contributed by atoms with van der Waals surface area (Å²) in [5.41, 5.74) is 1.25. The molecular weight excluding hydrogens is 380 g/mol. The molecule has 0 aliphatic rings. The molecule has 0 unspecified atom stereocenters. The fourth-order valence-electron chi connectivity index (χ4n) is 2.55. The highest BCUT2D eigenvalue weighted by Gasteiger charge is 2.27. The predicted octanol–water partition coefficient (Wildman–Crippen LogP) is 3.24. The molecule has 146 valence electrons.